The number of ether oxygens (including phenoxy) is 2. The zero-order valence-electron chi connectivity index (χ0n) is 17.9. The number of rotatable bonds is 7. The van der Waals surface area contributed by atoms with Crippen molar-refractivity contribution in [2.24, 2.45) is 0 Å². The number of thioether (sulfide) groups is 1. The summed E-state index contributed by atoms with van der Waals surface area (Å²) in [7, 11) is 1.56. The van der Waals surface area contributed by atoms with E-state index < -0.39 is 5.91 Å². The van der Waals surface area contributed by atoms with Crippen LogP contribution in [0, 0.1) is 3.57 Å². The van der Waals surface area contributed by atoms with E-state index in [9.17, 15) is 9.59 Å². The third-order valence-electron chi connectivity index (χ3n) is 5.03. The van der Waals surface area contributed by atoms with E-state index in [-0.39, 0.29) is 11.8 Å². The summed E-state index contributed by atoms with van der Waals surface area (Å²) >= 11 is 15.5. The van der Waals surface area contributed by atoms with Crippen molar-refractivity contribution < 1.29 is 19.1 Å². The average molecular weight is 626 g/mol. The summed E-state index contributed by atoms with van der Waals surface area (Å²) in [4.78, 5) is 27.0. The third kappa shape index (κ3) is 5.54. The molecule has 0 unspecified atom stereocenters. The summed E-state index contributed by atoms with van der Waals surface area (Å²) in [5, 5.41) is 0.429. The van der Waals surface area contributed by atoms with E-state index in [1.807, 2.05) is 36.4 Å². The average Bonchev–Trinajstić information content (AvgIpc) is 3.08. The number of halogens is 3. The summed E-state index contributed by atoms with van der Waals surface area (Å²) in [6.07, 6.45) is 1.67. The van der Waals surface area contributed by atoms with E-state index >= 15 is 0 Å². The monoisotopic (exact) mass is 625 g/mol. The number of benzene rings is 3. The Morgan fingerprint density at radius 2 is 1.74 bits per heavy atom. The molecule has 0 saturated carbocycles. The molecular weight excluding hydrogens is 608 g/mol. The first-order valence-electron chi connectivity index (χ1n) is 10.1. The maximum absolute atomic E-state index is 13.0. The Morgan fingerprint density at radius 3 is 2.41 bits per heavy atom. The highest BCUT2D eigenvalue weighted by molar-refractivity contribution is 14.1. The number of amides is 2. The van der Waals surface area contributed by atoms with Gasteiger partial charge in [0.05, 0.1) is 22.1 Å². The van der Waals surface area contributed by atoms with Crippen molar-refractivity contribution in [3.63, 3.8) is 0 Å². The van der Waals surface area contributed by atoms with Crippen LogP contribution in [0.1, 0.15) is 16.7 Å². The molecule has 1 saturated heterocycles. The van der Waals surface area contributed by atoms with Crippen LogP contribution in [0.2, 0.25) is 10.0 Å². The Balaban J connectivity index is 1.56. The molecule has 2 amide bonds. The molecule has 1 heterocycles. The van der Waals surface area contributed by atoms with E-state index in [0.717, 1.165) is 31.4 Å². The van der Waals surface area contributed by atoms with E-state index in [0.29, 0.717) is 38.6 Å². The molecule has 3 aromatic rings. The second kappa shape index (κ2) is 11.0. The second-order valence-corrected chi connectivity index (χ2v) is 10.2. The highest BCUT2D eigenvalue weighted by Gasteiger charge is 2.35. The minimum absolute atomic E-state index is 0.00757. The molecule has 0 spiro atoms. The standard InChI is InChI=1S/C25H18Cl2INO4S/c1-32-21-11-16(10-20(28)23(21)33-14-15-6-3-2-4-7-15)12-22-24(30)29(25(31)34-22)13-17-18(26)8-5-9-19(17)27/h2-12H,13-14H2,1H3/b22-12-. The number of carbonyl (C=O) groups is 2. The molecule has 0 aliphatic carbocycles. The predicted molar refractivity (Wildman–Crippen MR) is 144 cm³/mol. The first kappa shape index (κ1) is 24.9. The van der Waals surface area contributed by atoms with Gasteiger partial charge in [0, 0.05) is 15.6 Å². The van der Waals surface area contributed by atoms with E-state index in [1.54, 1.807) is 37.5 Å². The van der Waals surface area contributed by atoms with Crippen molar-refractivity contribution in [1.29, 1.82) is 0 Å². The fraction of sp³-hybridized carbons (Fsp3) is 0.120. The Kier molecular flexibility index (Phi) is 8.08. The Hall–Kier alpha value is -2.20. The van der Waals surface area contributed by atoms with Gasteiger partial charge < -0.3 is 9.47 Å². The highest BCUT2D eigenvalue weighted by Crippen LogP contribution is 2.38. The summed E-state index contributed by atoms with van der Waals surface area (Å²) < 4.78 is 12.4. The van der Waals surface area contributed by atoms with Gasteiger partial charge in [0.2, 0.25) is 0 Å². The minimum Gasteiger partial charge on any atom is -0.493 e. The molecule has 34 heavy (non-hydrogen) atoms. The molecule has 0 aromatic heterocycles. The number of imide groups is 1. The SMILES string of the molecule is COc1cc(/C=C2\SC(=O)N(Cc3c(Cl)cccc3Cl)C2=O)cc(I)c1OCc1ccccc1. The lowest BCUT2D eigenvalue weighted by Gasteiger charge is -2.15. The zero-order valence-corrected chi connectivity index (χ0v) is 22.4. The van der Waals surface area contributed by atoms with Gasteiger partial charge in [0.15, 0.2) is 11.5 Å². The van der Waals surface area contributed by atoms with E-state index in [2.05, 4.69) is 22.6 Å². The van der Waals surface area contributed by atoms with Gasteiger partial charge in [-0.25, -0.2) is 0 Å². The van der Waals surface area contributed by atoms with Crippen LogP contribution < -0.4 is 9.47 Å². The second-order valence-electron chi connectivity index (χ2n) is 7.28. The molecule has 5 nitrogen and oxygen atoms in total. The first-order valence-corrected chi connectivity index (χ1v) is 12.7. The van der Waals surface area contributed by atoms with Crippen LogP contribution in [0.3, 0.4) is 0 Å². The van der Waals surface area contributed by atoms with Gasteiger partial charge in [-0.05, 0) is 75.8 Å². The molecular formula is C25H18Cl2INO4S. The fourth-order valence-electron chi connectivity index (χ4n) is 3.32. The molecule has 174 valence electrons. The summed E-state index contributed by atoms with van der Waals surface area (Å²) in [5.41, 5.74) is 2.29. The number of carbonyl (C=O) groups excluding carboxylic acids is 2. The molecule has 1 aliphatic heterocycles. The number of hydrogen-bond acceptors (Lipinski definition) is 5. The Bertz CT molecular complexity index is 1260. The van der Waals surface area contributed by atoms with Crippen molar-refractivity contribution in [2.75, 3.05) is 7.11 Å². The zero-order chi connectivity index (χ0) is 24.2. The summed E-state index contributed by atoms with van der Waals surface area (Å²) in [6, 6.07) is 18.6. The lowest BCUT2D eigenvalue weighted by atomic mass is 10.1. The Morgan fingerprint density at radius 1 is 1.03 bits per heavy atom. The van der Waals surface area contributed by atoms with Gasteiger partial charge in [-0.15, -0.1) is 0 Å². The normalized spacial score (nSPS) is 14.7. The number of methoxy groups -OCH3 is 1. The summed E-state index contributed by atoms with van der Waals surface area (Å²) in [6.45, 7) is 0.406. The van der Waals surface area contributed by atoms with Crippen molar-refractivity contribution in [3.05, 3.63) is 95.9 Å². The van der Waals surface area contributed by atoms with Gasteiger partial charge in [-0.2, -0.15) is 0 Å². The van der Waals surface area contributed by atoms with Crippen molar-refractivity contribution >= 4 is 74.8 Å². The molecule has 0 bridgehead atoms. The third-order valence-corrected chi connectivity index (χ3v) is 7.44. The molecule has 1 aliphatic rings. The lowest BCUT2D eigenvalue weighted by Crippen LogP contribution is -2.27. The van der Waals surface area contributed by atoms with Crippen LogP contribution in [0.5, 0.6) is 11.5 Å². The van der Waals surface area contributed by atoms with Gasteiger partial charge in [-0.3, -0.25) is 14.5 Å². The van der Waals surface area contributed by atoms with Crippen LogP contribution in [-0.4, -0.2) is 23.2 Å². The number of nitrogens with zero attached hydrogens (tertiary/aromatic N) is 1. The van der Waals surface area contributed by atoms with E-state index in [4.69, 9.17) is 32.7 Å². The maximum Gasteiger partial charge on any atom is 0.293 e. The first-order chi connectivity index (χ1) is 16.4. The molecule has 9 heteroatoms. The minimum atomic E-state index is -0.399. The van der Waals surface area contributed by atoms with Crippen molar-refractivity contribution in [2.45, 2.75) is 13.2 Å². The highest BCUT2D eigenvalue weighted by atomic mass is 127. The maximum atomic E-state index is 13.0. The smallest absolute Gasteiger partial charge is 0.293 e. The molecule has 0 N–H and O–H groups in total. The van der Waals surface area contributed by atoms with Crippen LogP contribution in [-0.2, 0) is 17.9 Å². The van der Waals surface area contributed by atoms with Gasteiger partial charge >= 0.3 is 0 Å². The van der Waals surface area contributed by atoms with Gasteiger partial charge in [-0.1, -0.05) is 59.6 Å². The fourth-order valence-corrected chi connectivity index (χ4v) is 5.46. The lowest BCUT2D eigenvalue weighted by molar-refractivity contribution is -0.123. The van der Waals surface area contributed by atoms with Crippen molar-refractivity contribution in [1.82, 2.24) is 4.90 Å². The number of hydrogen-bond donors (Lipinski definition) is 0. The predicted octanol–water partition coefficient (Wildman–Crippen LogP) is 7.42. The van der Waals surface area contributed by atoms with Crippen LogP contribution in [0.25, 0.3) is 6.08 Å². The summed E-state index contributed by atoms with van der Waals surface area (Å²) in [5.74, 6) is 0.756. The van der Waals surface area contributed by atoms with Gasteiger partial charge in [0.1, 0.15) is 6.61 Å². The largest absolute Gasteiger partial charge is 0.493 e. The molecule has 0 radical (unpaired) electrons. The van der Waals surface area contributed by atoms with Crippen molar-refractivity contribution in [3.8, 4) is 11.5 Å². The molecule has 3 aromatic carbocycles. The van der Waals surface area contributed by atoms with Crippen LogP contribution in [0.4, 0.5) is 4.79 Å². The van der Waals surface area contributed by atoms with E-state index in [1.165, 1.54) is 0 Å². The van der Waals surface area contributed by atoms with Crippen LogP contribution >= 0.6 is 57.6 Å². The topological polar surface area (TPSA) is 55.8 Å². The van der Waals surface area contributed by atoms with Crippen LogP contribution in [0.15, 0.2) is 65.6 Å². The molecule has 0 atom stereocenters. The molecule has 1 fully saturated rings. The quantitative estimate of drug-likeness (QED) is 0.202. The van der Waals surface area contributed by atoms with Gasteiger partial charge in [0.25, 0.3) is 11.1 Å². The molecule has 4 rings (SSSR count). The Labute approximate surface area is 225 Å².